The van der Waals surface area contributed by atoms with Crippen molar-refractivity contribution >= 4 is 0 Å². The van der Waals surface area contributed by atoms with Crippen LogP contribution in [0.4, 0.5) is 0 Å². The molecular formula is C14H21NO. The maximum absolute atomic E-state index is 5.10. The zero-order valence-electron chi connectivity index (χ0n) is 10.3. The van der Waals surface area contributed by atoms with Crippen molar-refractivity contribution in [2.24, 2.45) is 0 Å². The second-order valence-corrected chi connectivity index (χ2v) is 4.69. The smallest absolute Gasteiger partial charge is 0.0613 e. The van der Waals surface area contributed by atoms with Gasteiger partial charge in [-0.2, -0.15) is 0 Å². The zero-order valence-corrected chi connectivity index (χ0v) is 10.3. The molecule has 2 nitrogen and oxygen atoms in total. The van der Waals surface area contributed by atoms with Crippen LogP contribution in [0, 0.1) is 0 Å². The van der Waals surface area contributed by atoms with Gasteiger partial charge in [0, 0.05) is 19.7 Å². The summed E-state index contributed by atoms with van der Waals surface area (Å²) in [6.07, 6.45) is 3.85. The minimum atomic E-state index is 0.415. The Balaban J connectivity index is 1.90. The summed E-state index contributed by atoms with van der Waals surface area (Å²) in [7, 11) is 1.74. The van der Waals surface area contributed by atoms with Crippen molar-refractivity contribution in [2.75, 3.05) is 13.7 Å². The molecule has 0 saturated carbocycles. The topological polar surface area (TPSA) is 21.3 Å². The van der Waals surface area contributed by atoms with Crippen molar-refractivity contribution in [3.63, 3.8) is 0 Å². The highest BCUT2D eigenvalue weighted by atomic mass is 16.5. The predicted molar refractivity (Wildman–Crippen MR) is 66.6 cm³/mol. The van der Waals surface area contributed by atoms with E-state index in [9.17, 15) is 0 Å². The second-order valence-electron chi connectivity index (χ2n) is 4.69. The molecule has 0 bridgehead atoms. The van der Waals surface area contributed by atoms with E-state index in [-0.39, 0.29) is 0 Å². The summed E-state index contributed by atoms with van der Waals surface area (Å²) in [4.78, 5) is 0. The Morgan fingerprint density at radius 2 is 2.12 bits per heavy atom. The van der Waals surface area contributed by atoms with Crippen molar-refractivity contribution in [1.82, 2.24) is 5.32 Å². The van der Waals surface area contributed by atoms with Gasteiger partial charge in [-0.15, -0.1) is 0 Å². The lowest BCUT2D eigenvalue weighted by Gasteiger charge is -2.13. The molecule has 1 atom stereocenters. The van der Waals surface area contributed by atoms with Gasteiger partial charge in [-0.1, -0.05) is 18.2 Å². The van der Waals surface area contributed by atoms with Gasteiger partial charge in [-0.25, -0.2) is 0 Å². The molecule has 0 aliphatic heterocycles. The molecule has 1 unspecified atom stereocenters. The summed E-state index contributed by atoms with van der Waals surface area (Å²) in [5.41, 5.74) is 4.50. The Labute approximate surface area is 98.0 Å². The molecule has 1 N–H and O–H groups in total. The van der Waals surface area contributed by atoms with Gasteiger partial charge in [0.05, 0.1) is 6.61 Å². The van der Waals surface area contributed by atoms with Crippen LogP contribution in [-0.4, -0.2) is 19.8 Å². The number of aryl methyl sites for hydroxylation is 2. The summed E-state index contributed by atoms with van der Waals surface area (Å²) >= 11 is 0. The van der Waals surface area contributed by atoms with Gasteiger partial charge >= 0.3 is 0 Å². The number of ether oxygens (including phenoxy) is 1. The van der Waals surface area contributed by atoms with Crippen molar-refractivity contribution in [1.29, 1.82) is 0 Å². The fourth-order valence-electron chi connectivity index (χ4n) is 2.34. The summed E-state index contributed by atoms with van der Waals surface area (Å²) in [5, 5.41) is 3.47. The highest BCUT2D eigenvalue weighted by molar-refractivity contribution is 5.35. The van der Waals surface area contributed by atoms with E-state index < -0.39 is 0 Å². The number of rotatable bonds is 5. The van der Waals surface area contributed by atoms with Gasteiger partial charge in [0.1, 0.15) is 0 Å². The Bertz CT molecular complexity index is 349. The molecule has 0 spiro atoms. The average molecular weight is 219 g/mol. The molecule has 1 aliphatic carbocycles. The van der Waals surface area contributed by atoms with E-state index in [1.807, 2.05) is 0 Å². The summed E-state index contributed by atoms with van der Waals surface area (Å²) in [6, 6.07) is 7.31. The molecular weight excluding hydrogens is 198 g/mol. The first kappa shape index (κ1) is 11.6. The van der Waals surface area contributed by atoms with E-state index in [2.05, 4.69) is 30.4 Å². The molecule has 1 aliphatic rings. The lowest BCUT2D eigenvalue weighted by molar-refractivity contribution is 0.171. The first-order valence-corrected chi connectivity index (χ1v) is 6.12. The van der Waals surface area contributed by atoms with E-state index in [1.54, 1.807) is 18.2 Å². The monoisotopic (exact) mass is 219 g/mol. The third-order valence-corrected chi connectivity index (χ3v) is 3.23. The number of methoxy groups -OCH3 is 1. The number of benzene rings is 1. The Hall–Kier alpha value is -0.860. The van der Waals surface area contributed by atoms with E-state index in [0.29, 0.717) is 6.04 Å². The van der Waals surface area contributed by atoms with Crippen LogP contribution in [0.3, 0.4) is 0 Å². The predicted octanol–water partition coefficient (Wildman–Crippen LogP) is 2.30. The van der Waals surface area contributed by atoms with Crippen LogP contribution < -0.4 is 5.32 Å². The van der Waals surface area contributed by atoms with Gasteiger partial charge < -0.3 is 10.1 Å². The number of hydrogen-bond donors (Lipinski definition) is 1. The van der Waals surface area contributed by atoms with Crippen LogP contribution in [0.15, 0.2) is 18.2 Å². The van der Waals surface area contributed by atoms with Crippen LogP contribution >= 0.6 is 0 Å². The Morgan fingerprint density at radius 1 is 1.31 bits per heavy atom. The molecule has 0 saturated heterocycles. The fraction of sp³-hybridized carbons (Fsp3) is 0.571. The normalized spacial score (nSPS) is 16.1. The van der Waals surface area contributed by atoms with Crippen molar-refractivity contribution in [2.45, 2.75) is 38.8 Å². The van der Waals surface area contributed by atoms with Crippen molar-refractivity contribution in [3.05, 3.63) is 34.9 Å². The molecule has 0 aromatic heterocycles. The number of fused-ring (bicyclic) bond motifs is 1. The van der Waals surface area contributed by atoms with E-state index in [1.165, 1.54) is 24.8 Å². The van der Waals surface area contributed by atoms with E-state index >= 15 is 0 Å². The minimum Gasteiger partial charge on any atom is -0.383 e. The molecule has 2 heteroatoms. The Kier molecular flexibility index (Phi) is 3.97. The van der Waals surface area contributed by atoms with Gasteiger partial charge in [-0.05, 0) is 42.9 Å². The van der Waals surface area contributed by atoms with Crippen LogP contribution in [0.25, 0.3) is 0 Å². The third-order valence-electron chi connectivity index (χ3n) is 3.23. The molecule has 1 aromatic carbocycles. The first-order valence-electron chi connectivity index (χ1n) is 6.12. The molecule has 2 rings (SSSR count). The Morgan fingerprint density at radius 3 is 2.94 bits per heavy atom. The number of nitrogens with one attached hydrogen (secondary N) is 1. The lowest BCUT2D eigenvalue weighted by atomic mass is 10.1. The third kappa shape index (κ3) is 2.83. The molecule has 0 amide bonds. The van der Waals surface area contributed by atoms with Crippen molar-refractivity contribution in [3.8, 4) is 0 Å². The zero-order chi connectivity index (χ0) is 11.4. The minimum absolute atomic E-state index is 0.415. The first-order chi connectivity index (χ1) is 7.79. The quantitative estimate of drug-likeness (QED) is 0.820. The fourth-order valence-corrected chi connectivity index (χ4v) is 2.34. The maximum Gasteiger partial charge on any atom is 0.0613 e. The molecule has 16 heavy (non-hydrogen) atoms. The SMILES string of the molecule is COCC(C)NCc1ccc2c(c1)CCC2. The summed E-state index contributed by atoms with van der Waals surface area (Å²) in [5.74, 6) is 0. The second kappa shape index (κ2) is 5.46. The van der Waals surface area contributed by atoms with Gasteiger partial charge in [0.25, 0.3) is 0 Å². The van der Waals surface area contributed by atoms with Crippen LogP contribution in [0.1, 0.15) is 30.0 Å². The number of hydrogen-bond acceptors (Lipinski definition) is 2. The highest BCUT2D eigenvalue weighted by Crippen LogP contribution is 2.22. The van der Waals surface area contributed by atoms with E-state index in [4.69, 9.17) is 4.74 Å². The summed E-state index contributed by atoms with van der Waals surface area (Å²) in [6.45, 7) is 3.86. The molecule has 0 radical (unpaired) electrons. The highest BCUT2D eigenvalue weighted by Gasteiger charge is 2.10. The van der Waals surface area contributed by atoms with Crippen LogP contribution in [0.5, 0.6) is 0 Å². The van der Waals surface area contributed by atoms with Gasteiger partial charge in [0.15, 0.2) is 0 Å². The van der Waals surface area contributed by atoms with Crippen LogP contribution in [0.2, 0.25) is 0 Å². The van der Waals surface area contributed by atoms with E-state index in [0.717, 1.165) is 13.2 Å². The lowest BCUT2D eigenvalue weighted by Crippen LogP contribution is -2.29. The molecule has 0 heterocycles. The molecule has 0 fully saturated rings. The van der Waals surface area contributed by atoms with Gasteiger partial charge in [-0.3, -0.25) is 0 Å². The van der Waals surface area contributed by atoms with Crippen LogP contribution in [-0.2, 0) is 24.1 Å². The largest absolute Gasteiger partial charge is 0.383 e. The molecule has 1 aromatic rings. The van der Waals surface area contributed by atoms with Crippen molar-refractivity contribution < 1.29 is 4.74 Å². The standard InChI is InChI=1S/C14H21NO/c1-11(10-16-2)15-9-12-6-7-13-4-3-5-14(13)8-12/h6-8,11,15H,3-5,9-10H2,1-2H3. The molecule has 88 valence electrons. The average Bonchev–Trinajstić information content (AvgIpc) is 2.74. The van der Waals surface area contributed by atoms with Gasteiger partial charge in [0.2, 0.25) is 0 Å². The maximum atomic E-state index is 5.10. The summed E-state index contributed by atoms with van der Waals surface area (Å²) < 4.78 is 5.10.